The average Bonchev–Trinajstić information content (AvgIpc) is 3.12. The van der Waals surface area contributed by atoms with E-state index in [0.29, 0.717) is 43.5 Å². The molecule has 1 amide bonds. The number of cyclic esters (lactones) is 1. The molecule has 4 atom stereocenters. The third-order valence-corrected chi connectivity index (χ3v) is 6.38. The van der Waals surface area contributed by atoms with Crippen LogP contribution in [0.5, 0.6) is 11.5 Å². The van der Waals surface area contributed by atoms with Gasteiger partial charge in [0.1, 0.15) is 11.7 Å². The summed E-state index contributed by atoms with van der Waals surface area (Å²) in [4.78, 5) is 24.8. The topological polar surface area (TPSA) is 92.3 Å². The Hall–Kier alpha value is -2.48. The molecule has 0 aromatic heterocycles. The molecule has 8 nitrogen and oxygen atoms in total. The van der Waals surface area contributed by atoms with Crippen LogP contribution in [0.1, 0.15) is 66.4 Å². The monoisotopic (exact) mass is 507 g/mol. The van der Waals surface area contributed by atoms with Crippen LogP contribution in [0.3, 0.4) is 0 Å². The number of carbonyl (C=O) groups excluding carboxylic acids is 2. The number of hydrogen-bond acceptors (Lipinski definition) is 7. The number of alkyl carbamates (subject to hydrolysis) is 1. The maximum Gasteiger partial charge on any atom is 0.408 e. The van der Waals surface area contributed by atoms with Gasteiger partial charge in [0, 0.05) is 20.1 Å². The summed E-state index contributed by atoms with van der Waals surface area (Å²) < 4.78 is 27.7. The predicted molar refractivity (Wildman–Crippen MR) is 138 cm³/mol. The van der Waals surface area contributed by atoms with Gasteiger partial charge in [0.05, 0.1) is 25.7 Å². The second kappa shape index (κ2) is 13.7. The lowest BCUT2D eigenvalue weighted by Gasteiger charge is -2.31. The maximum absolute atomic E-state index is 12.6. The van der Waals surface area contributed by atoms with Gasteiger partial charge in [-0.05, 0) is 69.6 Å². The standard InChI is InChI=1S/C28H45NO7/c1-18(2)21(15-20-10-11-23(33-8)25(16-20)34-13-9-12-32-7)17-22(24-14-19(3)26(30)35-24)29-27(31)36-28(4,5)6/h10-11,16,18-19,21-22,24H,9,12-15,17H2,1-8H3,(H,29,31)/t19-,21+,22+,24+/m1/s1. The van der Waals surface area contributed by atoms with Gasteiger partial charge in [0.25, 0.3) is 0 Å². The molecule has 36 heavy (non-hydrogen) atoms. The highest BCUT2D eigenvalue weighted by Gasteiger charge is 2.39. The lowest BCUT2D eigenvalue weighted by Crippen LogP contribution is -2.47. The van der Waals surface area contributed by atoms with E-state index in [2.05, 4.69) is 19.2 Å². The fourth-order valence-electron chi connectivity index (χ4n) is 4.33. The molecule has 1 N–H and O–H groups in total. The van der Waals surface area contributed by atoms with E-state index < -0.39 is 11.7 Å². The van der Waals surface area contributed by atoms with Gasteiger partial charge in [-0.2, -0.15) is 0 Å². The Morgan fingerprint density at radius 2 is 1.89 bits per heavy atom. The molecule has 8 heteroatoms. The van der Waals surface area contributed by atoms with Gasteiger partial charge in [-0.3, -0.25) is 4.79 Å². The molecule has 0 aliphatic carbocycles. The summed E-state index contributed by atoms with van der Waals surface area (Å²) in [6.07, 6.45) is 1.91. The Balaban J connectivity index is 2.19. The van der Waals surface area contributed by atoms with Crippen molar-refractivity contribution in [3.05, 3.63) is 23.8 Å². The Morgan fingerprint density at radius 1 is 1.17 bits per heavy atom. The third kappa shape index (κ3) is 9.52. The second-order valence-corrected chi connectivity index (χ2v) is 11.0. The Bertz CT molecular complexity index is 849. The zero-order chi connectivity index (χ0) is 26.9. The highest BCUT2D eigenvalue weighted by molar-refractivity contribution is 5.74. The molecule has 0 bridgehead atoms. The summed E-state index contributed by atoms with van der Waals surface area (Å²) in [5, 5.41) is 3.00. The van der Waals surface area contributed by atoms with Crippen LogP contribution in [-0.2, 0) is 25.4 Å². The van der Waals surface area contributed by atoms with Crippen LogP contribution in [0.25, 0.3) is 0 Å². The quantitative estimate of drug-likeness (QED) is 0.291. The molecule has 2 rings (SSSR count). The number of methoxy groups -OCH3 is 2. The van der Waals surface area contributed by atoms with Crippen molar-refractivity contribution in [3.63, 3.8) is 0 Å². The molecule has 1 heterocycles. The summed E-state index contributed by atoms with van der Waals surface area (Å²) in [6.45, 7) is 12.9. The molecule has 0 unspecified atom stereocenters. The number of rotatable bonds is 13. The lowest BCUT2D eigenvalue weighted by atomic mass is 9.82. The van der Waals surface area contributed by atoms with E-state index in [-0.39, 0.29) is 30.0 Å². The number of esters is 1. The fraction of sp³-hybridized carbons (Fsp3) is 0.714. The lowest BCUT2D eigenvalue weighted by molar-refractivity contribution is -0.145. The van der Waals surface area contributed by atoms with E-state index in [1.54, 1.807) is 14.2 Å². The van der Waals surface area contributed by atoms with E-state index in [4.69, 9.17) is 23.7 Å². The van der Waals surface area contributed by atoms with Crippen LogP contribution in [0.15, 0.2) is 18.2 Å². The van der Waals surface area contributed by atoms with E-state index in [1.165, 1.54) is 0 Å². The number of carbonyl (C=O) groups is 2. The molecule has 1 aromatic rings. The molecule has 0 spiro atoms. The second-order valence-electron chi connectivity index (χ2n) is 11.0. The molecule has 1 fully saturated rings. The number of benzene rings is 1. The van der Waals surface area contributed by atoms with Crippen molar-refractivity contribution in [2.75, 3.05) is 27.4 Å². The van der Waals surface area contributed by atoms with Gasteiger partial charge in [0.15, 0.2) is 11.5 Å². The van der Waals surface area contributed by atoms with Gasteiger partial charge >= 0.3 is 12.1 Å². The van der Waals surface area contributed by atoms with Gasteiger partial charge in [0.2, 0.25) is 0 Å². The van der Waals surface area contributed by atoms with Crippen molar-refractivity contribution in [3.8, 4) is 11.5 Å². The molecule has 0 radical (unpaired) electrons. The number of nitrogens with one attached hydrogen (secondary N) is 1. The van der Waals surface area contributed by atoms with Crippen molar-refractivity contribution in [1.82, 2.24) is 5.32 Å². The minimum absolute atomic E-state index is 0.185. The van der Waals surface area contributed by atoms with Crippen LogP contribution in [0, 0.1) is 17.8 Å². The fourth-order valence-corrected chi connectivity index (χ4v) is 4.33. The van der Waals surface area contributed by atoms with E-state index in [9.17, 15) is 9.59 Å². The Kier molecular flexibility index (Phi) is 11.3. The first-order chi connectivity index (χ1) is 16.9. The van der Waals surface area contributed by atoms with Gasteiger partial charge < -0.3 is 29.0 Å². The van der Waals surface area contributed by atoms with Crippen LogP contribution in [-0.4, -0.2) is 57.2 Å². The summed E-state index contributed by atoms with van der Waals surface area (Å²) >= 11 is 0. The highest BCUT2D eigenvalue weighted by Crippen LogP contribution is 2.33. The Morgan fingerprint density at radius 3 is 2.44 bits per heavy atom. The van der Waals surface area contributed by atoms with Gasteiger partial charge in [-0.25, -0.2) is 4.79 Å². The molecule has 1 aromatic carbocycles. The van der Waals surface area contributed by atoms with Gasteiger partial charge in [-0.15, -0.1) is 0 Å². The molecule has 1 aliphatic heterocycles. The van der Waals surface area contributed by atoms with E-state index in [1.807, 2.05) is 45.9 Å². The summed E-state index contributed by atoms with van der Waals surface area (Å²) in [5.74, 6) is 1.53. The van der Waals surface area contributed by atoms with E-state index >= 15 is 0 Å². The highest BCUT2D eigenvalue weighted by atomic mass is 16.6. The molecule has 1 saturated heterocycles. The van der Waals surface area contributed by atoms with Crippen LogP contribution in [0.4, 0.5) is 4.79 Å². The van der Waals surface area contributed by atoms with Crippen molar-refractivity contribution >= 4 is 12.1 Å². The maximum atomic E-state index is 12.6. The predicted octanol–water partition coefficient (Wildman–Crippen LogP) is 5.16. The van der Waals surface area contributed by atoms with E-state index in [0.717, 1.165) is 18.4 Å². The van der Waals surface area contributed by atoms with Crippen molar-refractivity contribution in [2.24, 2.45) is 17.8 Å². The first kappa shape index (κ1) is 29.7. The normalized spacial score (nSPS) is 19.5. The van der Waals surface area contributed by atoms with Gasteiger partial charge in [-0.1, -0.05) is 26.8 Å². The van der Waals surface area contributed by atoms with Crippen LogP contribution < -0.4 is 14.8 Å². The Labute approximate surface area is 216 Å². The molecule has 0 saturated carbocycles. The summed E-state index contributed by atoms with van der Waals surface area (Å²) in [6, 6.07) is 5.65. The van der Waals surface area contributed by atoms with Crippen molar-refractivity contribution in [1.29, 1.82) is 0 Å². The van der Waals surface area contributed by atoms with Crippen LogP contribution in [0.2, 0.25) is 0 Å². The van der Waals surface area contributed by atoms with Crippen molar-refractivity contribution < 1.29 is 33.3 Å². The SMILES string of the molecule is COCCCOc1cc(C[C@@H](C[C@H](NC(=O)OC(C)(C)C)[C@@H]2C[C@@H](C)C(=O)O2)C(C)C)ccc1OC. The zero-order valence-electron chi connectivity index (χ0n) is 23.2. The third-order valence-electron chi connectivity index (χ3n) is 6.38. The van der Waals surface area contributed by atoms with Crippen molar-refractivity contribution in [2.45, 2.75) is 85.0 Å². The smallest absolute Gasteiger partial charge is 0.408 e. The average molecular weight is 508 g/mol. The number of amides is 1. The first-order valence-electron chi connectivity index (χ1n) is 12.9. The molecule has 1 aliphatic rings. The molecular formula is C28H45NO7. The number of hydrogen-bond donors (Lipinski definition) is 1. The van der Waals surface area contributed by atoms with Crippen LogP contribution >= 0.6 is 0 Å². The molecule has 204 valence electrons. The minimum atomic E-state index is -0.617. The summed E-state index contributed by atoms with van der Waals surface area (Å²) in [5.41, 5.74) is 0.498. The minimum Gasteiger partial charge on any atom is -0.493 e. The largest absolute Gasteiger partial charge is 0.493 e. The molecular weight excluding hydrogens is 462 g/mol. The number of ether oxygens (including phenoxy) is 5. The zero-order valence-corrected chi connectivity index (χ0v) is 23.2. The summed E-state index contributed by atoms with van der Waals surface area (Å²) in [7, 11) is 3.30. The first-order valence-corrected chi connectivity index (χ1v) is 12.9.